The number of hydrogen-bond donors (Lipinski definition) is 2. The van der Waals surface area contributed by atoms with Crippen molar-refractivity contribution in [3.05, 3.63) is 59.7 Å². The molecule has 2 N–H and O–H groups in total. The normalized spacial score (nSPS) is 11.4. The molecule has 0 radical (unpaired) electrons. The Morgan fingerprint density at radius 2 is 1.77 bits per heavy atom. The highest BCUT2D eigenvalue weighted by Gasteiger charge is 2.12. The van der Waals surface area contributed by atoms with Crippen LogP contribution in [0.25, 0.3) is 0 Å². The van der Waals surface area contributed by atoms with Gasteiger partial charge in [-0.3, -0.25) is 20.4 Å². The summed E-state index contributed by atoms with van der Waals surface area (Å²) in [5, 5.41) is 0. The fourth-order valence-corrected chi connectivity index (χ4v) is 2.71. The molecule has 1 atom stereocenters. The predicted molar refractivity (Wildman–Crippen MR) is 115 cm³/mol. The van der Waals surface area contributed by atoms with Gasteiger partial charge in [-0.1, -0.05) is 38.1 Å². The summed E-state index contributed by atoms with van der Waals surface area (Å²) >= 11 is 0. The van der Waals surface area contributed by atoms with Crippen molar-refractivity contribution in [2.75, 3.05) is 26.4 Å². The smallest absolute Gasteiger partial charge is 0.276 e. The van der Waals surface area contributed by atoms with E-state index in [-0.39, 0.29) is 6.61 Å². The van der Waals surface area contributed by atoms with E-state index in [1.807, 2.05) is 31.2 Å². The molecule has 162 valence electrons. The number of benzene rings is 2. The van der Waals surface area contributed by atoms with Crippen LogP contribution < -0.4 is 20.3 Å². The van der Waals surface area contributed by atoms with Gasteiger partial charge in [0.05, 0.1) is 6.61 Å². The van der Waals surface area contributed by atoms with Crippen LogP contribution in [0.15, 0.2) is 48.5 Å². The molecule has 7 nitrogen and oxygen atoms in total. The lowest BCUT2D eigenvalue weighted by Gasteiger charge is -2.15. The van der Waals surface area contributed by atoms with E-state index < -0.39 is 11.8 Å². The van der Waals surface area contributed by atoms with E-state index in [0.717, 1.165) is 12.0 Å². The summed E-state index contributed by atoms with van der Waals surface area (Å²) in [4.78, 5) is 24.4. The molecule has 2 amide bonds. The molecule has 0 heterocycles. The maximum absolute atomic E-state index is 12.3. The van der Waals surface area contributed by atoms with Crippen LogP contribution in [0, 0.1) is 0 Å². The van der Waals surface area contributed by atoms with Crippen molar-refractivity contribution in [1.82, 2.24) is 10.9 Å². The van der Waals surface area contributed by atoms with Crippen molar-refractivity contribution in [2.24, 2.45) is 0 Å². The Hall–Kier alpha value is -3.06. The van der Waals surface area contributed by atoms with E-state index in [2.05, 4.69) is 24.7 Å². The zero-order valence-corrected chi connectivity index (χ0v) is 17.8. The Bertz CT molecular complexity index is 825. The summed E-state index contributed by atoms with van der Waals surface area (Å²) in [6.07, 6.45) is 0.969. The van der Waals surface area contributed by atoms with E-state index in [4.69, 9.17) is 14.2 Å². The molecule has 0 fully saturated rings. The van der Waals surface area contributed by atoms with Crippen molar-refractivity contribution < 1.29 is 23.8 Å². The number of hydrogen-bond acceptors (Lipinski definition) is 5. The van der Waals surface area contributed by atoms with Gasteiger partial charge in [-0.05, 0) is 49.1 Å². The summed E-state index contributed by atoms with van der Waals surface area (Å²) in [6, 6.07) is 14.3. The van der Waals surface area contributed by atoms with Crippen LogP contribution in [0.4, 0.5) is 0 Å². The molecule has 2 aromatic carbocycles. The second-order valence-corrected chi connectivity index (χ2v) is 6.71. The monoisotopic (exact) mass is 414 g/mol. The first-order valence-electron chi connectivity index (χ1n) is 10.2. The molecule has 30 heavy (non-hydrogen) atoms. The van der Waals surface area contributed by atoms with E-state index in [9.17, 15) is 9.59 Å². The summed E-state index contributed by atoms with van der Waals surface area (Å²) in [5.41, 5.74) is 6.18. The maximum Gasteiger partial charge on any atom is 0.276 e. The molecule has 1 unspecified atom stereocenters. The molecule has 0 saturated heterocycles. The van der Waals surface area contributed by atoms with Crippen LogP contribution in [-0.2, 0) is 9.53 Å². The highest BCUT2D eigenvalue weighted by atomic mass is 16.5. The summed E-state index contributed by atoms with van der Waals surface area (Å²) < 4.78 is 16.4. The highest BCUT2D eigenvalue weighted by Crippen LogP contribution is 2.28. The lowest BCUT2D eigenvalue weighted by atomic mass is 9.98. The minimum Gasteiger partial charge on any atom is -0.491 e. The SMILES string of the molecule is CCOCCOc1cccc(C(=O)NNC(=O)COc2ccccc2C(C)CC)c1. The molecule has 0 aliphatic heterocycles. The van der Waals surface area contributed by atoms with Gasteiger partial charge < -0.3 is 14.2 Å². The van der Waals surface area contributed by atoms with Gasteiger partial charge in [-0.15, -0.1) is 0 Å². The van der Waals surface area contributed by atoms with E-state index in [1.54, 1.807) is 24.3 Å². The van der Waals surface area contributed by atoms with Crippen molar-refractivity contribution in [2.45, 2.75) is 33.1 Å². The van der Waals surface area contributed by atoms with Gasteiger partial charge in [-0.2, -0.15) is 0 Å². The molecule has 0 saturated carbocycles. The van der Waals surface area contributed by atoms with Gasteiger partial charge in [-0.25, -0.2) is 0 Å². The predicted octanol–water partition coefficient (Wildman–Crippen LogP) is 3.46. The highest BCUT2D eigenvalue weighted by molar-refractivity contribution is 5.95. The number of ether oxygens (including phenoxy) is 3. The number of rotatable bonds is 11. The number of carbonyl (C=O) groups excluding carboxylic acids is 2. The maximum atomic E-state index is 12.3. The number of carbonyl (C=O) groups is 2. The van der Waals surface area contributed by atoms with Gasteiger partial charge >= 0.3 is 0 Å². The Balaban J connectivity index is 1.82. The summed E-state index contributed by atoms with van der Waals surface area (Å²) in [5.74, 6) is 0.654. The van der Waals surface area contributed by atoms with Crippen LogP contribution in [0.5, 0.6) is 11.5 Å². The average Bonchev–Trinajstić information content (AvgIpc) is 2.78. The number of hydrazine groups is 1. The molecule has 2 aromatic rings. The van der Waals surface area contributed by atoms with Gasteiger partial charge in [0.1, 0.15) is 18.1 Å². The number of para-hydroxylation sites is 1. The number of amides is 2. The van der Waals surface area contributed by atoms with Crippen molar-refractivity contribution in [1.29, 1.82) is 0 Å². The lowest BCUT2D eigenvalue weighted by molar-refractivity contribution is -0.123. The molecule has 0 bridgehead atoms. The zero-order chi connectivity index (χ0) is 21.8. The van der Waals surface area contributed by atoms with Crippen LogP contribution in [0.2, 0.25) is 0 Å². The number of nitrogens with one attached hydrogen (secondary N) is 2. The van der Waals surface area contributed by atoms with E-state index in [1.165, 1.54) is 0 Å². The first-order chi connectivity index (χ1) is 14.5. The molecule has 7 heteroatoms. The first kappa shape index (κ1) is 23.2. The average molecular weight is 415 g/mol. The Morgan fingerprint density at radius 1 is 0.967 bits per heavy atom. The van der Waals surface area contributed by atoms with Crippen molar-refractivity contribution in [3.63, 3.8) is 0 Å². The van der Waals surface area contributed by atoms with E-state index >= 15 is 0 Å². The Morgan fingerprint density at radius 3 is 2.53 bits per heavy atom. The van der Waals surface area contributed by atoms with Gasteiger partial charge in [0.15, 0.2) is 6.61 Å². The molecule has 2 rings (SSSR count). The van der Waals surface area contributed by atoms with Crippen LogP contribution >= 0.6 is 0 Å². The van der Waals surface area contributed by atoms with Crippen LogP contribution in [0.3, 0.4) is 0 Å². The fourth-order valence-electron chi connectivity index (χ4n) is 2.71. The topological polar surface area (TPSA) is 85.9 Å². The molecule has 0 aromatic heterocycles. The molecular weight excluding hydrogens is 384 g/mol. The standard InChI is InChI=1S/C23H30N2O5/c1-4-17(3)20-11-6-7-12-21(20)30-16-22(26)24-25-23(27)18-9-8-10-19(15-18)29-14-13-28-5-2/h6-12,15,17H,4-5,13-14,16H2,1-3H3,(H,24,26)(H,25,27). The molecular formula is C23H30N2O5. The fraction of sp³-hybridized carbons (Fsp3) is 0.391. The molecule has 0 spiro atoms. The minimum atomic E-state index is -0.452. The first-order valence-corrected chi connectivity index (χ1v) is 10.2. The van der Waals surface area contributed by atoms with Crippen LogP contribution in [-0.4, -0.2) is 38.2 Å². The minimum absolute atomic E-state index is 0.200. The van der Waals surface area contributed by atoms with Gasteiger partial charge in [0.2, 0.25) is 0 Å². The second-order valence-electron chi connectivity index (χ2n) is 6.71. The zero-order valence-electron chi connectivity index (χ0n) is 17.8. The molecule has 0 aliphatic rings. The van der Waals surface area contributed by atoms with Crippen molar-refractivity contribution in [3.8, 4) is 11.5 Å². The summed E-state index contributed by atoms with van der Waals surface area (Å²) in [6.45, 7) is 7.41. The lowest BCUT2D eigenvalue weighted by Crippen LogP contribution is -2.43. The van der Waals surface area contributed by atoms with E-state index in [0.29, 0.717) is 42.8 Å². The molecule has 0 aliphatic carbocycles. The third-order valence-electron chi connectivity index (χ3n) is 4.53. The van der Waals surface area contributed by atoms with Crippen LogP contribution in [0.1, 0.15) is 49.0 Å². The Labute approximate surface area is 177 Å². The van der Waals surface area contributed by atoms with Gasteiger partial charge in [0.25, 0.3) is 11.8 Å². The largest absolute Gasteiger partial charge is 0.491 e. The van der Waals surface area contributed by atoms with Gasteiger partial charge in [0, 0.05) is 12.2 Å². The third-order valence-corrected chi connectivity index (χ3v) is 4.53. The quantitative estimate of drug-likeness (QED) is 0.434. The van der Waals surface area contributed by atoms with Crippen molar-refractivity contribution >= 4 is 11.8 Å². The second kappa shape index (κ2) is 12.5. The Kier molecular flexibility index (Phi) is 9.67. The summed E-state index contributed by atoms with van der Waals surface area (Å²) in [7, 11) is 0. The third kappa shape index (κ3) is 7.40.